The van der Waals surface area contributed by atoms with Gasteiger partial charge in [-0.2, -0.15) is 0 Å². The summed E-state index contributed by atoms with van der Waals surface area (Å²) in [5.41, 5.74) is 0. The van der Waals surface area contributed by atoms with Crippen LogP contribution < -0.4 is 0 Å². The molecular weight excluding hydrogens is 322 g/mol. The molecule has 0 fully saturated rings. The molecule has 6 heavy (non-hydrogen) atoms. The molecule has 0 heterocycles. The van der Waals surface area contributed by atoms with E-state index in [4.69, 9.17) is 0 Å². The van der Waals surface area contributed by atoms with Gasteiger partial charge in [-0.15, -0.1) is 0 Å². The van der Waals surface area contributed by atoms with Crippen LogP contribution in [-0.4, -0.2) is 46.9 Å². The second kappa shape index (κ2) is 4.81. The topological polar surface area (TPSA) is 35.5 Å². The Labute approximate surface area is 64.8 Å². The second-order valence-electron chi connectivity index (χ2n) is 0.434. The van der Waals surface area contributed by atoms with Crippen LogP contribution in [0.3, 0.4) is 0 Å². The van der Waals surface area contributed by atoms with Gasteiger partial charge in [-0.25, -0.2) is 0 Å². The van der Waals surface area contributed by atoms with Crippen molar-refractivity contribution >= 4 is 55.1 Å². The molecule has 3 nitrogen and oxygen atoms in total. The van der Waals surface area contributed by atoms with Gasteiger partial charge in [-0.05, 0) is 0 Å². The van der Waals surface area contributed by atoms with E-state index in [1.807, 2.05) is 0 Å². The van der Waals surface area contributed by atoms with Crippen molar-refractivity contribution < 1.29 is 10.2 Å². The third-order valence-corrected chi connectivity index (χ3v) is 3.46. The van der Waals surface area contributed by atoms with Gasteiger partial charge in [0.1, 0.15) is 0 Å². The molecule has 0 rings (SSSR count). The molecule has 36 valence electrons. The number of hydrogen-bond donors (Lipinski definition) is 0. The van der Waals surface area contributed by atoms with Crippen LogP contribution in [-0.2, 0) is 10.2 Å². The van der Waals surface area contributed by atoms with Crippen LogP contribution in [0.15, 0.2) is 0 Å². The second-order valence-corrected chi connectivity index (χ2v) is 4.91. The van der Waals surface area contributed by atoms with Crippen LogP contribution in [0.2, 0.25) is 0 Å². The van der Waals surface area contributed by atoms with Crippen molar-refractivity contribution in [2.45, 2.75) is 0 Å². The average molecular weight is 327 g/mol. The molecule has 0 saturated heterocycles. The first-order chi connectivity index (χ1) is 2.81. The van der Waals surface area contributed by atoms with E-state index in [0.717, 1.165) is 0 Å². The Kier molecular flexibility index (Phi) is 6.13. The fourth-order valence-corrected chi connectivity index (χ4v) is 3.35. The molecule has 0 spiro atoms. The Morgan fingerprint density at radius 2 is 1.67 bits per heavy atom. The van der Waals surface area contributed by atoms with Gasteiger partial charge in [0.25, 0.3) is 0 Å². The zero-order chi connectivity index (χ0) is 4.99. The fraction of sp³-hybridized carbons (Fsp3) is 0. The molecule has 0 aromatic rings. The molecule has 0 bridgehead atoms. The van der Waals surface area contributed by atoms with Gasteiger partial charge in [0.05, 0.1) is 0 Å². The Morgan fingerprint density at radius 1 is 1.33 bits per heavy atom. The Bertz CT molecular complexity index is 46.8. The Hall–Kier alpha value is 1.66. The molecule has 0 unspecified atom stereocenters. The third-order valence-electron chi connectivity index (χ3n) is 0.172. The van der Waals surface area contributed by atoms with Crippen LogP contribution in [0.5, 0.6) is 0 Å². The summed E-state index contributed by atoms with van der Waals surface area (Å²) in [6, 6.07) is 0. The maximum atomic E-state index is 9.95. The SMILES string of the molecule is O=[P+]([O][SbH2])[O][SbH2]. The van der Waals surface area contributed by atoms with E-state index in [9.17, 15) is 4.57 Å². The maximum absolute atomic E-state index is 9.95. The van der Waals surface area contributed by atoms with E-state index in [0.29, 0.717) is 46.9 Å². The summed E-state index contributed by atoms with van der Waals surface area (Å²) in [5.74, 6) is 0. The molecule has 0 aliphatic carbocycles. The van der Waals surface area contributed by atoms with Crippen molar-refractivity contribution in [2.75, 3.05) is 0 Å². The molecule has 0 radical (unpaired) electrons. The zero-order valence-electron chi connectivity index (χ0n) is 2.83. The summed E-state index contributed by atoms with van der Waals surface area (Å²) in [6.07, 6.45) is 0. The summed E-state index contributed by atoms with van der Waals surface area (Å²) >= 11 is 1.10. The molecule has 0 aliphatic rings. The van der Waals surface area contributed by atoms with Crippen LogP contribution in [0.25, 0.3) is 0 Å². The Balaban J connectivity index is 2.99. The minimum absolute atomic E-state index is 0.549. The molecule has 0 atom stereocenters. The molecule has 0 amide bonds. The first-order valence-corrected chi connectivity index (χ1v) is 4.81. The monoisotopic (exact) mass is 325 g/mol. The van der Waals surface area contributed by atoms with E-state index in [1.54, 1.807) is 0 Å². The summed E-state index contributed by atoms with van der Waals surface area (Å²) in [4.78, 5) is 0. The van der Waals surface area contributed by atoms with Gasteiger partial charge in [0, 0.05) is 0 Å². The third kappa shape index (κ3) is 3.83. The fourth-order valence-electron chi connectivity index (χ4n) is 0.0248. The van der Waals surface area contributed by atoms with Crippen LogP contribution >= 0.6 is 8.25 Å². The van der Waals surface area contributed by atoms with E-state index in [2.05, 4.69) is 5.60 Å². The van der Waals surface area contributed by atoms with Crippen molar-refractivity contribution in [3.05, 3.63) is 0 Å². The van der Waals surface area contributed by atoms with Crippen molar-refractivity contribution in [1.82, 2.24) is 0 Å². The first kappa shape index (κ1) is 7.66. The Morgan fingerprint density at radius 3 is 1.67 bits per heavy atom. The van der Waals surface area contributed by atoms with Gasteiger partial charge < -0.3 is 0 Å². The quantitative estimate of drug-likeness (QED) is 0.471. The summed E-state index contributed by atoms with van der Waals surface area (Å²) in [7, 11) is -1.71. The average Bonchev–Trinajstić information content (AvgIpc) is 1.65. The zero-order valence-corrected chi connectivity index (χ0v) is 10.3. The van der Waals surface area contributed by atoms with Crippen LogP contribution in [0.4, 0.5) is 0 Å². The van der Waals surface area contributed by atoms with Gasteiger partial charge in [0.15, 0.2) is 0 Å². The predicted molar refractivity (Wildman–Crippen MR) is 26.9 cm³/mol. The number of rotatable bonds is 2. The molecule has 0 aromatic heterocycles. The van der Waals surface area contributed by atoms with E-state index in [1.165, 1.54) is 0 Å². The van der Waals surface area contributed by atoms with Crippen molar-refractivity contribution in [1.29, 1.82) is 0 Å². The van der Waals surface area contributed by atoms with Crippen LogP contribution in [0, 0.1) is 0 Å². The van der Waals surface area contributed by atoms with Gasteiger partial charge in [-0.3, -0.25) is 0 Å². The molecule has 0 N–H and O–H groups in total. The normalized spacial score (nSPS) is 8.33. The minimum atomic E-state index is -1.71. The van der Waals surface area contributed by atoms with Gasteiger partial charge >= 0.3 is 65.3 Å². The molecule has 6 heteroatoms. The molecule has 0 aromatic carbocycles. The first-order valence-electron chi connectivity index (χ1n) is 1.02. The van der Waals surface area contributed by atoms with E-state index in [-0.39, 0.29) is 0 Å². The standard InChI is InChI=1S/HO3P.2Sb.4H/c1-4(2)3;;;;;;/h(H,1,2,3);;;;;;/q;2*+1;;;;/p-1. The van der Waals surface area contributed by atoms with E-state index >= 15 is 0 Å². The van der Waals surface area contributed by atoms with Crippen molar-refractivity contribution in [2.24, 2.45) is 0 Å². The summed E-state index contributed by atoms with van der Waals surface area (Å²) in [5, 5.41) is 0. The molecule has 0 aliphatic heterocycles. The van der Waals surface area contributed by atoms with Crippen LogP contribution in [0.1, 0.15) is 0 Å². The van der Waals surface area contributed by atoms with Crippen molar-refractivity contribution in [3.8, 4) is 0 Å². The van der Waals surface area contributed by atoms with Gasteiger partial charge in [0.2, 0.25) is 0 Å². The molecular formula is H4O3PSb2+. The summed E-state index contributed by atoms with van der Waals surface area (Å²) in [6.45, 7) is 0. The van der Waals surface area contributed by atoms with Gasteiger partial charge in [-0.1, -0.05) is 0 Å². The molecule has 0 saturated carbocycles. The van der Waals surface area contributed by atoms with E-state index < -0.39 is 8.25 Å². The predicted octanol–water partition coefficient (Wildman–Crippen LogP) is -1.23. The summed E-state index contributed by atoms with van der Waals surface area (Å²) < 4.78 is 18.6. The number of hydrogen-bond acceptors (Lipinski definition) is 3. The van der Waals surface area contributed by atoms with Crippen molar-refractivity contribution in [3.63, 3.8) is 0 Å².